The molecule has 2 atom stereocenters. The summed E-state index contributed by atoms with van der Waals surface area (Å²) in [6.45, 7) is 0. The van der Waals surface area contributed by atoms with Crippen LogP contribution in [0.25, 0.3) is 0 Å². The van der Waals surface area contributed by atoms with Crippen LogP contribution in [0.3, 0.4) is 0 Å². The first-order chi connectivity index (χ1) is 2.94. The van der Waals surface area contributed by atoms with Crippen molar-refractivity contribution < 1.29 is 8.78 Å². The number of hydrogen-bond donors (Lipinski definition) is 0. The number of hydrogen-bond acceptors (Lipinski definition) is 0. The van der Waals surface area contributed by atoms with Crippen LogP contribution >= 0.6 is 43.5 Å². The molecular weight excluding hydrogens is 257 g/mol. The monoisotopic (exact) mass is 256 g/mol. The van der Waals surface area contributed by atoms with Crippen molar-refractivity contribution >= 4 is 43.5 Å². The summed E-state index contributed by atoms with van der Waals surface area (Å²) in [5.41, 5.74) is 0. The molecule has 0 aliphatic heterocycles. The Morgan fingerprint density at radius 1 is 1.71 bits per heavy atom. The molecule has 0 aliphatic carbocycles. The zero-order valence-electron chi connectivity index (χ0n) is 2.97. The van der Waals surface area contributed by atoms with Crippen LogP contribution in [-0.2, 0) is 0 Å². The van der Waals surface area contributed by atoms with Crippen LogP contribution in [0.2, 0.25) is 0 Å². The van der Waals surface area contributed by atoms with Gasteiger partial charge in [0.2, 0.25) is 5.08 Å². The van der Waals surface area contributed by atoms with E-state index in [4.69, 9.17) is 11.6 Å². The van der Waals surface area contributed by atoms with E-state index in [1.165, 1.54) is 0 Å². The van der Waals surface area contributed by atoms with Crippen LogP contribution in [0.4, 0.5) is 8.78 Å². The SMILES string of the molecule is FC(Br)C(F)(Cl)Br. The zero-order chi connectivity index (χ0) is 6.08. The van der Waals surface area contributed by atoms with Crippen molar-refractivity contribution in [1.82, 2.24) is 0 Å². The molecule has 0 rings (SSSR count). The molecule has 0 aromatic carbocycles. The Kier molecular flexibility index (Phi) is 3.01. The summed E-state index contributed by atoms with van der Waals surface area (Å²) < 4.78 is 20.9. The van der Waals surface area contributed by atoms with Gasteiger partial charge in [-0.05, 0) is 31.9 Å². The van der Waals surface area contributed by atoms with Crippen molar-refractivity contribution in [2.45, 2.75) is 9.12 Å². The van der Waals surface area contributed by atoms with Gasteiger partial charge in [0.1, 0.15) is 0 Å². The molecular formula is C2HBr2ClF2. The third kappa shape index (κ3) is 3.67. The van der Waals surface area contributed by atoms with Crippen LogP contribution in [0.5, 0.6) is 0 Å². The van der Waals surface area contributed by atoms with E-state index in [9.17, 15) is 8.78 Å². The lowest BCUT2D eigenvalue weighted by atomic mass is 10.9. The maximum Gasteiger partial charge on any atom is 0.278 e. The van der Waals surface area contributed by atoms with Crippen molar-refractivity contribution in [2.75, 3.05) is 0 Å². The highest BCUT2D eigenvalue weighted by Crippen LogP contribution is 2.34. The van der Waals surface area contributed by atoms with Crippen molar-refractivity contribution in [3.8, 4) is 0 Å². The molecule has 44 valence electrons. The highest BCUT2D eigenvalue weighted by atomic mass is 79.9. The van der Waals surface area contributed by atoms with Crippen LogP contribution in [0, 0.1) is 0 Å². The largest absolute Gasteiger partial charge is 0.278 e. The average molecular weight is 258 g/mol. The maximum absolute atomic E-state index is 11.8. The molecule has 0 saturated heterocycles. The Labute approximate surface area is 61.5 Å². The van der Waals surface area contributed by atoms with E-state index in [1.807, 2.05) is 0 Å². The third-order valence-corrected chi connectivity index (χ3v) is 2.35. The number of alkyl halides is 5. The van der Waals surface area contributed by atoms with E-state index >= 15 is 0 Å². The molecule has 0 aliphatic rings. The molecule has 0 amide bonds. The van der Waals surface area contributed by atoms with Gasteiger partial charge < -0.3 is 0 Å². The fourth-order valence-electron chi connectivity index (χ4n) is 0. The second-order valence-electron chi connectivity index (χ2n) is 0.842. The molecule has 5 heteroatoms. The van der Waals surface area contributed by atoms with Gasteiger partial charge in [-0.2, -0.15) is 0 Å². The molecule has 0 nitrogen and oxygen atoms in total. The highest BCUT2D eigenvalue weighted by molar-refractivity contribution is 9.12. The number of rotatable bonds is 1. The fourth-order valence-corrected chi connectivity index (χ4v) is 0. The second-order valence-corrected chi connectivity index (χ2v) is 3.81. The molecule has 0 aromatic rings. The Morgan fingerprint density at radius 3 is 1.86 bits per heavy atom. The minimum atomic E-state index is -2.47. The van der Waals surface area contributed by atoms with Gasteiger partial charge in [-0.25, -0.2) is 8.78 Å². The normalized spacial score (nSPS) is 23.6. The van der Waals surface area contributed by atoms with Gasteiger partial charge in [-0.15, -0.1) is 0 Å². The lowest BCUT2D eigenvalue weighted by Gasteiger charge is -2.06. The summed E-state index contributed by atoms with van der Waals surface area (Å²) in [6, 6.07) is 0. The van der Waals surface area contributed by atoms with Gasteiger partial charge in [0, 0.05) is 0 Å². The van der Waals surface area contributed by atoms with Gasteiger partial charge in [0.25, 0.3) is 4.04 Å². The predicted molar refractivity (Wildman–Crippen MR) is 32.4 cm³/mol. The van der Waals surface area contributed by atoms with E-state index in [1.54, 1.807) is 0 Å². The number of halogens is 5. The van der Waals surface area contributed by atoms with Crippen molar-refractivity contribution in [2.24, 2.45) is 0 Å². The quantitative estimate of drug-likeness (QED) is 0.634. The van der Waals surface area contributed by atoms with Crippen molar-refractivity contribution in [3.05, 3.63) is 0 Å². The van der Waals surface area contributed by atoms with Gasteiger partial charge in [-0.3, -0.25) is 0 Å². The molecule has 0 N–H and O–H groups in total. The molecule has 0 aromatic heterocycles. The zero-order valence-corrected chi connectivity index (χ0v) is 6.90. The standard InChI is InChI=1S/C2HBr2ClF2/c3-1(6)2(4,5)7/h1H. The Balaban J connectivity index is 3.54. The summed E-state index contributed by atoms with van der Waals surface area (Å²) in [5, 5.41) is -1.87. The fraction of sp³-hybridized carbons (Fsp3) is 1.00. The first-order valence-electron chi connectivity index (χ1n) is 1.29. The maximum atomic E-state index is 11.8. The Morgan fingerprint density at radius 2 is 1.86 bits per heavy atom. The van der Waals surface area contributed by atoms with Crippen molar-refractivity contribution in [3.63, 3.8) is 0 Å². The molecule has 7 heavy (non-hydrogen) atoms. The van der Waals surface area contributed by atoms with Gasteiger partial charge in [-0.1, -0.05) is 11.6 Å². The minimum absolute atomic E-state index is 1.87. The molecule has 0 radical (unpaired) electrons. The van der Waals surface area contributed by atoms with Crippen LogP contribution in [0.15, 0.2) is 0 Å². The van der Waals surface area contributed by atoms with Crippen LogP contribution in [-0.4, -0.2) is 9.12 Å². The Hall–Kier alpha value is 1.11. The second kappa shape index (κ2) is 2.60. The highest BCUT2D eigenvalue weighted by Gasteiger charge is 2.31. The van der Waals surface area contributed by atoms with E-state index in [-0.39, 0.29) is 0 Å². The topological polar surface area (TPSA) is 0 Å². The molecule has 0 heterocycles. The van der Waals surface area contributed by atoms with Gasteiger partial charge >= 0.3 is 0 Å². The van der Waals surface area contributed by atoms with E-state index in [2.05, 4.69) is 31.9 Å². The third-order valence-electron chi connectivity index (χ3n) is 0.247. The summed E-state index contributed by atoms with van der Waals surface area (Å²) >= 11 is 9.19. The summed E-state index contributed by atoms with van der Waals surface area (Å²) in [4.78, 5) is 0. The Bertz CT molecular complexity index is 59.2. The predicted octanol–water partition coefficient (Wildman–Crippen LogP) is 2.93. The molecule has 0 saturated carbocycles. The summed E-state index contributed by atoms with van der Waals surface area (Å²) in [5.74, 6) is 0. The molecule has 0 spiro atoms. The van der Waals surface area contributed by atoms with Gasteiger partial charge in [0.05, 0.1) is 0 Å². The molecule has 2 unspecified atom stereocenters. The van der Waals surface area contributed by atoms with E-state index in [0.29, 0.717) is 0 Å². The minimum Gasteiger partial charge on any atom is -0.229 e. The summed E-state index contributed by atoms with van der Waals surface area (Å²) in [7, 11) is 0. The average Bonchev–Trinajstić information content (AvgIpc) is 1.31. The first kappa shape index (κ1) is 8.11. The lowest BCUT2D eigenvalue weighted by Crippen LogP contribution is -2.13. The van der Waals surface area contributed by atoms with Crippen LogP contribution in [0.1, 0.15) is 0 Å². The molecule has 0 bridgehead atoms. The van der Waals surface area contributed by atoms with Gasteiger partial charge in [0.15, 0.2) is 0 Å². The van der Waals surface area contributed by atoms with E-state index < -0.39 is 9.12 Å². The molecule has 0 fully saturated rings. The van der Waals surface area contributed by atoms with Crippen LogP contribution < -0.4 is 0 Å². The van der Waals surface area contributed by atoms with E-state index in [0.717, 1.165) is 0 Å². The summed E-state index contributed by atoms with van der Waals surface area (Å²) in [6.07, 6.45) is 0. The van der Waals surface area contributed by atoms with Crippen molar-refractivity contribution in [1.29, 1.82) is 0 Å². The lowest BCUT2D eigenvalue weighted by molar-refractivity contribution is 0.294. The first-order valence-corrected chi connectivity index (χ1v) is 3.38. The smallest absolute Gasteiger partial charge is 0.229 e.